The monoisotopic (exact) mass is 283 g/mol. The van der Waals surface area contributed by atoms with Crippen LogP contribution in [0.15, 0.2) is 12.2 Å². The second-order valence-corrected chi connectivity index (χ2v) is 4.45. The largest absolute Gasteiger partial charge is 0.378 e. The van der Waals surface area contributed by atoms with Gasteiger partial charge in [0.2, 0.25) is 17.2 Å². The fourth-order valence-electron chi connectivity index (χ4n) is 1.76. The van der Waals surface area contributed by atoms with E-state index in [-0.39, 0.29) is 5.28 Å². The number of allylic oxidation sites excluding steroid dienone is 1. The van der Waals surface area contributed by atoms with Gasteiger partial charge >= 0.3 is 0 Å². The Morgan fingerprint density at radius 1 is 1.32 bits per heavy atom. The highest BCUT2D eigenvalue weighted by Gasteiger charge is 2.15. The summed E-state index contributed by atoms with van der Waals surface area (Å²) in [4.78, 5) is 14.7. The molecule has 1 aliphatic heterocycles. The summed E-state index contributed by atoms with van der Waals surface area (Å²) < 4.78 is 5.30. The highest BCUT2D eigenvalue weighted by Crippen LogP contribution is 2.14. The molecule has 1 fully saturated rings. The number of anilines is 2. The number of nitrogens with zero attached hydrogens (tertiary/aromatic N) is 4. The molecule has 1 aromatic rings. The van der Waals surface area contributed by atoms with E-state index < -0.39 is 0 Å². The highest BCUT2D eigenvalue weighted by atomic mass is 35.5. The molecule has 0 amide bonds. The molecule has 1 aliphatic rings. The summed E-state index contributed by atoms with van der Waals surface area (Å²) in [7, 11) is 0. The van der Waals surface area contributed by atoms with Crippen molar-refractivity contribution in [1.29, 1.82) is 0 Å². The van der Waals surface area contributed by atoms with E-state index in [4.69, 9.17) is 16.3 Å². The average molecular weight is 284 g/mol. The molecule has 1 aromatic heterocycles. The molecule has 0 atom stereocenters. The van der Waals surface area contributed by atoms with Crippen LogP contribution in [0.2, 0.25) is 5.28 Å². The first-order chi connectivity index (χ1) is 9.29. The van der Waals surface area contributed by atoms with Gasteiger partial charge in [-0.05, 0) is 24.9 Å². The van der Waals surface area contributed by atoms with Crippen molar-refractivity contribution in [2.45, 2.75) is 13.3 Å². The number of hydrogen-bond donors (Lipinski definition) is 1. The second-order valence-electron chi connectivity index (χ2n) is 4.11. The van der Waals surface area contributed by atoms with Gasteiger partial charge in [0.15, 0.2) is 0 Å². The van der Waals surface area contributed by atoms with E-state index in [0.29, 0.717) is 25.1 Å². The van der Waals surface area contributed by atoms with Gasteiger partial charge in [-0.15, -0.1) is 0 Å². The van der Waals surface area contributed by atoms with E-state index in [1.807, 2.05) is 17.9 Å². The molecule has 7 heteroatoms. The zero-order chi connectivity index (χ0) is 13.5. The zero-order valence-corrected chi connectivity index (χ0v) is 11.7. The molecule has 104 valence electrons. The predicted molar refractivity (Wildman–Crippen MR) is 75.8 cm³/mol. The summed E-state index contributed by atoms with van der Waals surface area (Å²) in [6.07, 6.45) is 5.02. The van der Waals surface area contributed by atoms with Crippen molar-refractivity contribution in [1.82, 2.24) is 15.0 Å². The molecule has 0 unspecified atom stereocenters. The van der Waals surface area contributed by atoms with Crippen molar-refractivity contribution in [3.8, 4) is 0 Å². The lowest BCUT2D eigenvalue weighted by atomic mass is 10.4. The molecule has 1 saturated heterocycles. The SMILES string of the molecule is C/C=C/CCNc1nc(Cl)nc(N2CCOCC2)n1. The van der Waals surface area contributed by atoms with Gasteiger partial charge in [-0.1, -0.05) is 12.2 Å². The van der Waals surface area contributed by atoms with Crippen LogP contribution < -0.4 is 10.2 Å². The molecule has 2 rings (SSSR count). The first-order valence-electron chi connectivity index (χ1n) is 6.39. The smallest absolute Gasteiger partial charge is 0.231 e. The number of rotatable bonds is 5. The summed E-state index contributed by atoms with van der Waals surface area (Å²) in [5.74, 6) is 1.13. The van der Waals surface area contributed by atoms with Gasteiger partial charge in [0.25, 0.3) is 0 Å². The summed E-state index contributed by atoms with van der Waals surface area (Å²) in [5, 5.41) is 3.36. The van der Waals surface area contributed by atoms with E-state index in [9.17, 15) is 0 Å². The first-order valence-corrected chi connectivity index (χ1v) is 6.76. The van der Waals surface area contributed by atoms with Gasteiger partial charge < -0.3 is 15.0 Å². The topological polar surface area (TPSA) is 63.2 Å². The third-order valence-electron chi connectivity index (χ3n) is 2.72. The van der Waals surface area contributed by atoms with Gasteiger partial charge in [0.05, 0.1) is 13.2 Å². The third kappa shape index (κ3) is 4.33. The number of halogens is 1. The van der Waals surface area contributed by atoms with E-state index in [2.05, 4.69) is 26.3 Å². The Bertz CT molecular complexity index is 434. The van der Waals surface area contributed by atoms with Crippen LogP contribution in [0.5, 0.6) is 0 Å². The highest BCUT2D eigenvalue weighted by molar-refractivity contribution is 6.28. The summed E-state index contributed by atoms with van der Waals surface area (Å²) in [6, 6.07) is 0. The van der Waals surface area contributed by atoms with Crippen LogP contribution in [-0.2, 0) is 4.74 Å². The lowest BCUT2D eigenvalue weighted by Gasteiger charge is -2.26. The van der Waals surface area contributed by atoms with E-state index in [0.717, 1.165) is 26.1 Å². The molecular weight excluding hydrogens is 266 g/mol. The Hall–Kier alpha value is -1.40. The van der Waals surface area contributed by atoms with Gasteiger partial charge in [-0.3, -0.25) is 0 Å². The van der Waals surface area contributed by atoms with Gasteiger partial charge in [0, 0.05) is 19.6 Å². The van der Waals surface area contributed by atoms with E-state index in [1.165, 1.54) is 0 Å². The molecule has 0 saturated carbocycles. The van der Waals surface area contributed by atoms with Crippen LogP contribution in [0, 0.1) is 0 Å². The van der Waals surface area contributed by atoms with Crippen LogP contribution in [0.4, 0.5) is 11.9 Å². The average Bonchev–Trinajstić information content (AvgIpc) is 2.44. The number of hydrogen-bond acceptors (Lipinski definition) is 6. The Morgan fingerprint density at radius 2 is 2.11 bits per heavy atom. The summed E-state index contributed by atoms with van der Waals surface area (Å²) in [5.41, 5.74) is 0. The molecule has 0 radical (unpaired) electrons. The molecular formula is C12H18ClN5O. The lowest BCUT2D eigenvalue weighted by Crippen LogP contribution is -2.37. The lowest BCUT2D eigenvalue weighted by molar-refractivity contribution is 0.122. The second kappa shape index (κ2) is 7.25. The minimum Gasteiger partial charge on any atom is -0.378 e. The number of morpholine rings is 1. The van der Waals surface area contributed by atoms with Crippen LogP contribution in [0.3, 0.4) is 0 Å². The van der Waals surface area contributed by atoms with Crippen molar-refractivity contribution < 1.29 is 4.74 Å². The maximum atomic E-state index is 5.94. The number of aromatic nitrogens is 3. The Labute approximate surface area is 117 Å². The first kappa shape index (κ1) is 14.0. The van der Waals surface area contributed by atoms with Crippen molar-refractivity contribution in [3.63, 3.8) is 0 Å². The van der Waals surface area contributed by atoms with Crippen LogP contribution in [-0.4, -0.2) is 47.8 Å². The molecule has 0 aromatic carbocycles. The van der Waals surface area contributed by atoms with Crippen molar-refractivity contribution in [3.05, 3.63) is 17.4 Å². The van der Waals surface area contributed by atoms with Crippen LogP contribution in [0.25, 0.3) is 0 Å². The minimum absolute atomic E-state index is 0.213. The Kier molecular flexibility index (Phi) is 5.35. The van der Waals surface area contributed by atoms with Crippen molar-refractivity contribution in [2.24, 2.45) is 0 Å². The maximum absolute atomic E-state index is 5.94. The van der Waals surface area contributed by atoms with Crippen molar-refractivity contribution >= 4 is 23.5 Å². The summed E-state index contributed by atoms with van der Waals surface area (Å²) in [6.45, 7) is 5.70. The fraction of sp³-hybridized carbons (Fsp3) is 0.583. The fourth-order valence-corrected chi connectivity index (χ4v) is 1.91. The Morgan fingerprint density at radius 3 is 2.84 bits per heavy atom. The number of nitrogens with one attached hydrogen (secondary N) is 1. The van der Waals surface area contributed by atoms with E-state index in [1.54, 1.807) is 0 Å². The summed E-state index contributed by atoms with van der Waals surface area (Å²) >= 11 is 5.94. The zero-order valence-electron chi connectivity index (χ0n) is 11.0. The molecule has 1 N–H and O–H groups in total. The quantitative estimate of drug-likeness (QED) is 0.656. The Balaban J connectivity index is 2.01. The molecule has 6 nitrogen and oxygen atoms in total. The number of ether oxygens (including phenoxy) is 1. The van der Waals surface area contributed by atoms with Gasteiger partial charge in [0.1, 0.15) is 0 Å². The van der Waals surface area contributed by atoms with Crippen LogP contribution >= 0.6 is 11.6 Å². The molecule has 0 bridgehead atoms. The van der Waals surface area contributed by atoms with E-state index >= 15 is 0 Å². The predicted octanol–water partition coefficient (Wildman–Crippen LogP) is 1.74. The minimum atomic E-state index is 0.213. The standard InChI is InChI=1S/C12H18ClN5O/c1-2-3-4-5-14-11-15-10(13)16-12(17-11)18-6-8-19-9-7-18/h2-3H,4-9H2,1H3,(H,14,15,16,17)/b3-2+. The molecule has 0 spiro atoms. The van der Waals surface area contributed by atoms with Gasteiger partial charge in [-0.25, -0.2) is 0 Å². The normalized spacial score (nSPS) is 16.0. The van der Waals surface area contributed by atoms with Gasteiger partial charge in [-0.2, -0.15) is 15.0 Å². The van der Waals surface area contributed by atoms with Crippen LogP contribution in [0.1, 0.15) is 13.3 Å². The molecule has 19 heavy (non-hydrogen) atoms. The van der Waals surface area contributed by atoms with Crippen molar-refractivity contribution in [2.75, 3.05) is 43.1 Å². The maximum Gasteiger partial charge on any atom is 0.231 e. The molecule has 0 aliphatic carbocycles. The molecule has 2 heterocycles. The third-order valence-corrected chi connectivity index (χ3v) is 2.89.